The predicted molar refractivity (Wildman–Crippen MR) is 63.1 cm³/mol. The number of nitrogens with zero attached hydrogens (tertiary/aromatic N) is 3. The summed E-state index contributed by atoms with van der Waals surface area (Å²) in [7, 11) is 0. The van der Waals surface area contributed by atoms with Gasteiger partial charge < -0.3 is 10.4 Å². The lowest BCUT2D eigenvalue weighted by Gasteiger charge is -2.07. The monoisotopic (exact) mass is 274 g/mol. The fourth-order valence-corrected chi connectivity index (χ4v) is 1.07. The lowest BCUT2D eigenvalue weighted by Crippen LogP contribution is -2.06. The molecule has 0 aromatic heterocycles. The van der Waals surface area contributed by atoms with Gasteiger partial charge in [0.2, 0.25) is 0 Å². The molecule has 9 heteroatoms. The van der Waals surface area contributed by atoms with Gasteiger partial charge in [0.05, 0.1) is 23.7 Å². The number of benzene rings is 1. The number of alkyl halides is 3. The van der Waals surface area contributed by atoms with Gasteiger partial charge in [-0.15, -0.1) is 0 Å². The first-order chi connectivity index (χ1) is 8.97. The summed E-state index contributed by atoms with van der Waals surface area (Å²) in [5, 5.41) is 25.5. The van der Waals surface area contributed by atoms with Crippen LogP contribution in [0.1, 0.15) is 5.56 Å². The van der Waals surface area contributed by atoms with Crippen LogP contribution < -0.4 is 5.43 Å². The number of anilines is 1. The first-order valence-electron chi connectivity index (χ1n) is 4.83. The molecule has 1 rings (SSSR count). The van der Waals surface area contributed by atoms with E-state index in [1.165, 1.54) is 12.1 Å². The molecule has 0 aliphatic carbocycles. The van der Waals surface area contributed by atoms with Crippen molar-refractivity contribution in [1.82, 2.24) is 0 Å². The van der Waals surface area contributed by atoms with Crippen LogP contribution in [0, 0.1) is 0 Å². The Labute approximate surface area is 105 Å². The van der Waals surface area contributed by atoms with Crippen molar-refractivity contribution in [3.05, 3.63) is 29.8 Å². The molecule has 0 spiro atoms. The van der Waals surface area contributed by atoms with Crippen molar-refractivity contribution in [1.29, 1.82) is 0 Å². The molecule has 0 atom stereocenters. The third-order valence-electron chi connectivity index (χ3n) is 1.91. The van der Waals surface area contributed by atoms with E-state index in [4.69, 9.17) is 10.4 Å². The third-order valence-corrected chi connectivity index (χ3v) is 1.91. The molecule has 0 saturated carbocycles. The maximum Gasteiger partial charge on any atom is 0.416 e. The highest BCUT2D eigenvalue weighted by atomic mass is 19.4. The Kier molecular flexibility index (Phi) is 4.86. The van der Waals surface area contributed by atoms with Crippen LogP contribution >= 0.6 is 0 Å². The molecule has 0 unspecified atom stereocenters. The summed E-state index contributed by atoms with van der Waals surface area (Å²) in [6.45, 7) is 0. The molecule has 0 aliphatic rings. The van der Waals surface area contributed by atoms with Gasteiger partial charge >= 0.3 is 6.18 Å². The Hall–Kier alpha value is -2.58. The summed E-state index contributed by atoms with van der Waals surface area (Å²) >= 11 is 0. The van der Waals surface area contributed by atoms with E-state index in [-0.39, 0.29) is 11.4 Å². The average Bonchev–Trinajstić information content (AvgIpc) is 2.36. The van der Waals surface area contributed by atoms with Gasteiger partial charge in [-0.05, 0) is 24.3 Å². The number of hydrogen-bond acceptors (Lipinski definition) is 6. The summed E-state index contributed by atoms with van der Waals surface area (Å²) in [4.78, 5) is 0. The van der Waals surface area contributed by atoms with Crippen LogP contribution in [0.25, 0.3) is 0 Å². The minimum Gasteiger partial charge on any atom is -0.411 e. The van der Waals surface area contributed by atoms with Crippen LogP contribution in [0.15, 0.2) is 39.7 Å². The predicted octanol–water partition coefficient (Wildman–Crippen LogP) is 2.39. The normalized spacial score (nSPS) is 11.9. The number of oxime groups is 2. The van der Waals surface area contributed by atoms with Crippen molar-refractivity contribution in [3.63, 3.8) is 0 Å². The SMILES string of the molecule is O/N=C/C(/C=N/O)=NNc1ccc(C(F)(F)F)cc1. The lowest BCUT2D eigenvalue weighted by atomic mass is 10.2. The molecular formula is C10H9F3N4O2. The summed E-state index contributed by atoms with van der Waals surface area (Å²) in [6, 6.07) is 4.13. The first-order valence-corrected chi connectivity index (χ1v) is 4.83. The zero-order chi connectivity index (χ0) is 14.3. The zero-order valence-corrected chi connectivity index (χ0v) is 9.33. The second-order valence-corrected chi connectivity index (χ2v) is 3.21. The Morgan fingerprint density at radius 2 is 1.58 bits per heavy atom. The van der Waals surface area contributed by atoms with Crippen molar-refractivity contribution >= 4 is 23.8 Å². The maximum absolute atomic E-state index is 12.3. The van der Waals surface area contributed by atoms with Crippen LogP contribution in [-0.4, -0.2) is 28.6 Å². The standard InChI is InChI=1S/C10H9F3N4O2/c11-10(12,13)7-1-3-8(4-2-7)16-17-9(5-14-18)6-15-19/h1-6,16,18-19H/b14-5+,15-6+. The highest BCUT2D eigenvalue weighted by Gasteiger charge is 2.29. The zero-order valence-electron chi connectivity index (χ0n) is 9.33. The van der Waals surface area contributed by atoms with E-state index >= 15 is 0 Å². The molecule has 0 bridgehead atoms. The number of rotatable bonds is 4. The average molecular weight is 274 g/mol. The second-order valence-electron chi connectivity index (χ2n) is 3.21. The van der Waals surface area contributed by atoms with Crippen molar-refractivity contribution in [2.75, 3.05) is 5.43 Å². The molecule has 0 aliphatic heterocycles. The third kappa shape index (κ3) is 4.66. The maximum atomic E-state index is 12.3. The summed E-state index contributed by atoms with van der Waals surface area (Å²) in [6.07, 6.45) is -2.66. The molecule has 0 fully saturated rings. The second kappa shape index (κ2) is 6.38. The molecular weight excluding hydrogens is 265 g/mol. The highest BCUT2D eigenvalue weighted by Crippen LogP contribution is 2.29. The van der Waals surface area contributed by atoms with E-state index in [0.717, 1.165) is 24.6 Å². The van der Waals surface area contributed by atoms with Gasteiger partial charge in [0.1, 0.15) is 5.71 Å². The quantitative estimate of drug-likeness (QED) is 0.447. The molecule has 0 saturated heterocycles. The van der Waals surface area contributed by atoms with E-state index in [2.05, 4.69) is 20.8 Å². The van der Waals surface area contributed by atoms with Crippen LogP contribution in [0.2, 0.25) is 0 Å². The Balaban J connectivity index is 2.80. The van der Waals surface area contributed by atoms with Gasteiger partial charge in [-0.1, -0.05) is 10.3 Å². The van der Waals surface area contributed by atoms with Crippen molar-refractivity contribution < 1.29 is 23.6 Å². The largest absolute Gasteiger partial charge is 0.416 e. The highest BCUT2D eigenvalue weighted by molar-refractivity contribution is 6.55. The van der Waals surface area contributed by atoms with Gasteiger partial charge in [-0.3, -0.25) is 5.43 Å². The molecule has 1 aromatic carbocycles. The number of halogens is 3. The minimum absolute atomic E-state index is 0.0371. The Bertz CT molecular complexity index is 480. The van der Waals surface area contributed by atoms with E-state index in [9.17, 15) is 13.2 Å². The summed E-state index contributed by atoms with van der Waals surface area (Å²) in [5.74, 6) is 0. The fraction of sp³-hybridized carbons (Fsp3) is 0.100. The first kappa shape index (κ1) is 14.5. The Morgan fingerprint density at radius 3 is 2.00 bits per heavy atom. The van der Waals surface area contributed by atoms with Crippen molar-refractivity contribution in [2.24, 2.45) is 15.4 Å². The van der Waals surface area contributed by atoms with Gasteiger partial charge in [0.15, 0.2) is 0 Å². The molecule has 0 heterocycles. The number of hydrazone groups is 1. The summed E-state index contributed by atoms with van der Waals surface area (Å²) < 4.78 is 36.9. The van der Waals surface area contributed by atoms with Gasteiger partial charge in [-0.25, -0.2) is 0 Å². The van der Waals surface area contributed by atoms with E-state index in [1.54, 1.807) is 0 Å². The topological polar surface area (TPSA) is 89.6 Å². The lowest BCUT2D eigenvalue weighted by molar-refractivity contribution is -0.137. The molecule has 102 valence electrons. The van der Waals surface area contributed by atoms with Crippen molar-refractivity contribution in [2.45, 2.75) is 6.18 Å². The van der Waals surface area contributed by atoms with Crippen LogP contribution in [0.3, 0.4) is 0 Å². The Morgan fingerprint density at radius 1 is 1.05 bits per heavy atom. The minimum atomic E-state index is -4.40. The number of nitrogens with one attached hydrogen (secondary N) is 1. The smallest absolute Gasteiger partial charge is 0.411 e. The van der Waals surface area contributed by atoms with Crippen LogP contribution in [-0.2, 0) is 6.18 Å². The van der Waals surface area contributed by atoms with Crippen molar-refractivity contribution in [3.8, 4) is 0 Å². The molecule has 0 radical (unpaired) electrons. The van der Waals surface area contributed by atoms with Gasteiger partial charge in [0, 0.05) is 0 Å². The molecule has 19 heavy (non-hydrogen) atoms. The van der Waals surface area contributed by atoms with Crippen LogP contribution in [0.5, 0.6) is 0 Å². The van der Waals surface area contributed by atoms with Crippen LogP contribution in [0.4, 0.5) is 18.9 Å². The number of hydrogen-bond donors (Lipinski definition) is 3. The molecule has 6 nitrogen and oxygen atoms in total. The molecule has 1 aromatic rings. The van der Waals surface area contributed by atoms with E-state index in [0.29, 0.717) is 0 Å². The van der Waals surface area contributed by atoms with Gasteiger partial charge in [-0.2, -0.15) is 18.3 Å². The van der Waals surface area contributed by atoms with E-state index in [1.807, 2.05) is 0 Å². The molecule has 3 N–H and O–H groups in total. The van der Waals surface area contributed by atoms with E-state index < -0.39 is 11.7 Å². The van der Waals surface area contributed by atoms with Gasteiger partial charge in [0.25, 0.3) is 0 Å². The fourth-order valence-electron chi connectivity index (χ4n) is 1.07. The molecule has 0 amide bonds. The summed E-state index contributed by atoms with van der Waals surface area (Å²) in [5.41, 5.74) is 1.87.